The molecule has 1 aromatic rings. The summed E-state index contributed by atoms with van der Waals surface area (Å²) in [5, 5.41) is 4.26. The first-order valence-electron chi connectivity index (χ1n) is 4.61. The Morgan fingerprint density at radius 1 is 1.62 bits per heavy atom. The van der Waals surface area contributed by atoms with Crippen molar-refractivity contribution in [2.24, 2.45) is 5.92 Å². The summed E-state index contributed by atoms with van der Waals surface area (Å²) in [4.78, 5) is 0. The molecular formula is C10H13ClOS. The Kier molecular flexibility index (Phi) is 3.25. The van der Waals surface area contributed by atoms with Crippen molar-refractivity contribution in [2.75, 3.05) is 12.5 Å². The molecule has 2 unspecified atom stereocenters. The van der Waals surface area contributed by atoms with E-state index in [1.54, 1.807) is 11.3 Å². The van der Waals surface area contributed by atoms with Crippen molar-refractivity contribution in [3.8, 4) is 0 Å². The van der Waals surface area contributed by atoms with Gasteiger partial charge in [-0.3, -0.25) is 0 Å². The first-order chi connectivity index (χ1) is 6.42. The molecule has 0 aromatic carbocycles. The minimum atomic E-state index is 0.248. The molecular weight excluding hydrogens is 204 g/mol. The van der Waals surface area contributed by atoms with Gasteiger partial charge in [0.1, 0.15) is 0 Å². The molecule has 0 spiro atoms. The highest BCUT2D eigenvalue weighted by Crippen LogP contribution is 2.35. The van der Waals surface area contributed by atoms with Crippen molar-refractivity contribution in [2.45, 2.75) is 18.9 Å². The van der Waals surface area contributed by atoms with E-state index < -0.39 is 0 Å². The number of hydrogen-bond acceptors (Lipinski definition) is 2. The molecule has 1 nitrogen and oxygen atoms in total. The van der Waals surface area contributed by atoms with Gasteiger partial charge in [-0.15, -0.1) is 11.6 Å². The summed E-state index contributed by atoms with van der Waals surface area (Å²) in [6.07, 6.45) is 2.60. The predicted octanol–water partition coefficient (Wildman–Crippen LogP) is 3.45. The minimum Gasteiger partial charge on any atom is -0.373 e. The number of thiophene rings is 1. The predicted molar refractivity (Wildman–Crippen MR) is 56.5 cm³/mol. The Hall–Kier alpha value is -0.0500. The fraction of sp³-hybridized carbons (Fsp3) is 0.600. The van der Waals surface area contributed by atoms with E-state index in [2.05, 4.69) is 16.8 Å². The molecule has 3 heteroatoms. The van der Waals surface area contributed by atoms with Crippen molar-refractivity contribution in [3.63, 3.8) is 0 Å². The van der Waals surface area contributed by atoms with Crippen LogP contribution in [-0.4, -0.2) is 12.5 Å². The molecule has 0 bridgehead atoms. The lowest BCUT2D eigenvalue weighted by Crippen LogP contribution is -2.23. The van der Waals surface area contributed by atoms with E-state index in [0.29, 0.717) is 11.8 Å². The van der Waals surface area contributed by atoms with Crippen LogP contribution in [0.5, 0.6) is 0 Å². The van der Waals surface area contributed by atoms with Crippen molar-refractivity contribution in [1.29, 1.82) is 0 Å². The Morgan fingerprint density at radius 2 is 2.54 bits per heavy atom. The monoisotopic (exact) mass is 216 g/mol. The van der Waals surface area contributed by atoms with Crippen molar-refractivity contribution in [1.82, 2.24) is 0 Å². The molecule has 2 atom stereocenters. The first kappa shape index (κ1) is 9.50. The van der Waals surface area contributed by atoms with Gasteiger partial charge < -0.3 is 4.74 Å². The Labute approximate surface area is 87.7 Å². The van der Waals surface area contributed by atoms with Gasteiger partial charge in [0, 0.05) is 18.4 Å². The average Bonchev–Trinajstić information content (AvgIpc) is 2.70. The van der Waals surface area contributed by atoms with Gasteiger partial charge in [0.2, 0.25) is 0 Å². The second kappa shape index (κ2) is 4.45. The van der Waals surface area contributed by atoms with E-state index in [9.17, 15) is 0 Å². The maximum absolute atomic E-state index is 5.92. The maximum Gasteiger partial charge on any atom is 0.0872 e. The zero-order chi connectivity index (χ0) is 9.10. The highest BCUT2D eigenvalue weighted by molar-refractivity contribution is 7.07. The van der Waals surface area contributed by atoms with E-state index >= 15 is 0 Å². The van der Waals surface area contributed by atoms with Gasteiger partial charge in [0.15, 0.2) is 0 Å². The van der Waals surface area contributed by atoms with Gasteiger partial charge >= 0.3 is 0 Å². The van der Waals surface area contributed by atoms with Crippen LogP contribution in [0.2, 0.25) is 0 Å². The maximum atomic E-state index is 5.92. The fourth-order valence-corrected chi connectivity index (χ4v) is 2.81. The largest absolute Gasteiger partial charge is 0.373 e. The average molecular weight is 217 g/mol. The summed E-state index contributed by atoms with van der Waals surface area (Å²) >= 11 is 7.64. The van der Waals surface area contributed by atoms with Gasteiger partial charge in [-0.05, 0) is 35.2 Å². The summed E-state index contributed by atoms with van der Waals surface area (Å²) in [5.41, 5.74) is 1.30. The molecule has 1 aliphatic heterocycles. The lowest BCUT2D eigenvalue weighted by Gasteiger charge is -2.29. The van der Waals surface area contributed by atoms with Gasteiger partial charge in [0.05, 0.1) is 6.10 Å². The highest BCUT2D eigenvalue weighted by Gasteiger charge is 2.26. The molecule has 0 amide bonds. The normalized spacial score (nSPS) is 29.0. The molecule has 0 N–H and O–H groups in total. The molecule has 2 heterocycles. The number of halogens is 1. The Morgan fingerprint density at radius 3 is 3.23 bits per heavy atom. The second-order valence-electron chi connectivity index (χ2n) is 3.40. The molecule has 1 saturated heterocycles. The molecule has 72 valence electrons. The van der Waals surface area contributed by atoms with Crippen LogP contribution in [0.3, 0.4) is 0 Å². The topological polar surface area (TPSA) is 9.23 Å². The molecule has 0 radical (unpaired) electrons. The van der Waals surface area contributed by atoms with Crippen LogP contribution < -0.4 is 0 Å². The zero-order valence-corrected chi connectivity index (χ0v) is 8.98. The van der Waals surface area contributed by atoms with Crippen molar-refractivity contribution in [3.05, 3.63) is 22.4 Å². The van der Waals surface area contributed by atoms with E-state index in [1.165, 1.54) is 12.0 Å². The van der Waals surface area contributed by atoms with Crippen molar-refractivity contribution < 1.29 is 4.74 Å². The van der Waals surface area contributed by atoms with Crippen LogP contribution in [0.1, 0.15) is 24.5 Å². The third-order valence-electron chi connectivity index (χ3n) is 2.51. The van der Waals surface area contributed by atoms with E-state index in [4.69, 9.17) is 16.3 Å². The van der Waals surface area contributed by atoms with Crippen LogP contribution in [0.15, 0.2) is 16.8 Å². The molecule has 1 aromatic heterocycles. The fourth-order valence-electron chi connectivity index (χ4n) is 1.81. The van der Waals surface area contributed by atoms with Crippen LogP contribution in [0.25, 0.3) is 0 Å². The third kappa shape index (κ3) is 2.06. The number of hydrogen-bond donors (Lipinski definition) is 0. The van der Waals surface area contributed by atoms with Gasteiger partial charge in [-0.1, -0.05) is 0 Å². The standard InChI is InChI=1S/C10H13ClOS/c11-6-8-2-1-4-12-10(8)9-3-5-13-7-9/h3,5,7-8,10H,1-2,4,6H2. The van der Waals surface area contributed by atoms with E-state index in [1.807, 2.05) is 0 Å². The van der Waals surface area contributed by atoms with Gasteiger partial charge in [-0.25, -0.2) is 0 Å². The Bertz CT molecular complexity index is 247. The van der Waals surface area contributed by atoms with E-state index in [0.717, 1.165) is 13.0 Å². The summed E-state index contributed by atoms with van der Waals surface area (Å²) < 4.78 is 5.75. The zero-order valence-electron chi connectivity index (χ0n) is 7.41. The molecule has 2 rings (SSSR count). The summed E-state index contributed by atoms with van der Waals surface area (Å²) in [6, 6.07) is 2.14. The van der Waals surface area contributed by atoms with Crippen molar-refractivity contribution >= 4 is 22.9 Å². The number of alkyl halides is 1. The van der Waals surface area contributed by atoms with Gasteiger partial charge in [0.25, 0.3) is 0 Å². The highest BCUT2D eigenvalue weighted by atomic mass is 35.5. The van der Waals surface area contributed by atoms with Crippen LogP contribution in [0, 0.1) is 5.92 Å². The summed E-state index contributed by atoms with van der Waals surface area (Å²) in [7, 11) is 0. The molecule has 0 saturated carbocycles. The first-order valence-corrected chi connectivity index (χ1v) is 6.09. The lowest BCUT2D eigenvalue weighted by atomic mass is 9.92. The number of rotatable bonds is 2. The van der Waals surface area contributed by atoms with Crippen LogP contribution >= 0.6 is 22.9 Å². The van der Waals surface area contributed by atoms with Crippen LogP contribution in [-0.2, 0) is 4.74 Å². The molecule has 1 aliphatic rings. The minimum absolute atomic E-state index is 0.248. The SMILES string of the molecule is ClCC1CCCOC1c1ccsc1. The molecule has 1 fully saturated rings. The van der Waals surface area contributed by atoms with Crippen LogP contribution in [0.4, 0.5) is 0 Å². The summed E-state index contributed by atoms with van der Waals surface area (Å²) in [6.45, 7) is 0.883. The quantitative estimate of drug-likeness (QED) is 0.689. The molecule has 13 heavy (non-hydrogen) atoms. The Balaban J connectivity index is 2.11. The lowest BCUT2D eigenvalue weighted by molar-refractivity contribution is -0.0205. The molecule has 0 aliphatic carbocycles. The number of ether oxygens (including phenoxy) is 1. The second-order valence-corrected chi connectivity index (χ2v) is 4.49. The van der Waals surface area contributed by atoms with E-state index in [-0.39, 0.29) is 6.10 Å². The smallest absolute Gasteiger partial charge is 0.0872 e. The summed E-state index contributed by atoms with van der Waals surface area (Å²) in [5.74, 6) is 1.21. The third-order valence-corrected chi connectivity index (χ3v) is 3.61. The van der Waals surface area contributed by atoms with Gasteiger partial charge in [-0.2, -0.15) is 11.3 Å².